The molecule has 1 aliphatic heterocycles. The number of guanidine groups is 1. The average molecular weight is 284 g/mol. The minimum Gasteiger partial charge on any atom is -0.444 e. The van der Waals surface area contributed by atoms with E-state index in [-0.39, 0.29) is 18.2 Å². The van der Waals surface area contributed by atoms with Crippen LogP contribution in [0.4, 0.5) is 4.79 Å². The van der Waals surface area contributed by atoms with Crippen molar-refractivity contribution in [3.63, 3.8) is 0 Å². The fourth-order valence-corrected chi connectivity index (χ4v) is 2.12. The summed E-state index contributed by atoms with van der Waals surface area (Å²) in [6, 6.07) is 0.329. The van der Waals surface area contributed by atoms with Crippen molar-refractivity contribution in [1.29, 1.82) is 5.41 Å². The molecule has 1 amide bonds. The summed E-state index contributed by atoms with van der Waals surface area (Å²) in [5.41, 5.74) is -0.469. The number of likely N-dealkylation sites (tertiary alicyclic amines) is 1. The summed E-state index contributed by atoms with van der Waals surface area (Å²) in [5, 5.41) is 13.9. The standard InChI is InChI=1S/C14H28N4O2/c1-10(2)16-12(15)17-11-7-6-8-18(9-11)13(19)20-14(3,4)5/h10-11H,6-9H2,1-5H3,(H3,15,16,17)/t11-/m0/s1. The van der Waals surface area contributed by atoms with Crippen LogP contribution in [0.3, 0.4) is 0 Å². The maximum Gasteiger partial charge on any atom is 0.410 e. The van der Waals surface area contributed by atoms with Crippen molar-refractivity contribution in [3.8, 4) is 0 Å². The molecular formula is C14H28N4O2. The first-order valence-corrected chi connectivity index (χ1v) is 7.27. The van der Waals surface area contributed by atoms with Gasteiger partial charge in [0.2, 0.25) is 0 Å². The monoisotopic (exact) mass is 284 g/mol. The molecule has 1 heterocycles. The van der Waals surface area contributed by atoms with Crippen LogP contribution in [0.2, 0.25) is 0 Å². The molecule has 20 heavy (non-hydrogen) atoms. The first-order chi connectivity index (χ1) is 9.17. The molecule has 0 aliphatic carbocycles. The van der Waals surface area contributed by atoms with E-state index in [1.54, 1.807) is 4.90 Å². The fraction of sp³-hybridized carbons (Fsp3) is 0.857. The Labute approximate surface area is 121 Å². The maximum absolute atomic E-state index is 12.0. The second-order valence-electron chi connectivity index (χ2n) is 6.58. The van der Waals surface area contributed by atoms with Gasteiger partial charge in [-0.15, -0.1) is 0 Å². The molecule has 1 atom stereocenters. The van der Waals surface area contributed by atoms with Crippen molar-refractivity contribution in [2.24, 2.45) is 0 Å². The Balaban J connectivity index is 2.46. The minimum atomic E-state index is -0.469. The molecule has 116 valence electrons. The summed E-state index contributed by atoms with van der Waals surface area (Å²) in [6.45, 7) is 10.9. The fourth-order valence-electron chi connectivity index (χ4n) is 2.12. The molecule has 0 aromatic carbocycles. The normalized spacial score (nSPS) is 19.7. The summed E-state index contributed by atoms with van der Waals surface area (Å²) in [6.07, 6.45) is 1.61. The molecule has 0 bridgehead atoms. The van der Waals surface area contributed by atoms with Gasteiger partial charge in [-0.05, 0) is 47.5 Å². The van der Waals surface area contributed by atoms with Gasteiger partial charge in [0.25, 0.3) is 0 Å². The lowest BCUT2D eigenvalue weighted by Gasteiger charge is -2.35. The van der Waals surface area contributed by atoms with Crippen LogP contribution >= 0.6 is 0 Å². The number of carbonyl (C=O) groups excluding carboxylic acids is 1. The van der Waals surface area contributed by atoms with E-state index in [0.717, 1.165) is 19.4 Å². The molecular weight excluding hydrogens is 256 g/mol. The molecule has 1 saturated heterocycles. The van der Waals surface area contributed by atoms with E-state index in [9.17, 15) is 4.79 Å². The molecule has 1 rings (SSSR count). The lowest BCUT2D eigenvalue weighted by Crippen LogP contribution is -2.53. The van der Waals surface area contributed by atoms with Crippen LogP contribution in [-0.2, 0) is 4.74 Å². The quantitative estimate of drug-likeness (QED) is 0.535. The molecule has 3 N–H and O–H groups in total. The van der Waals surface area contributed by atoms with Crippen molar-refractivity contribution in [2.75, 3.05) is 13.1 Å². The third kappa shape index (κ3) is 6.12. The number of carbonyl (C=O) groups is 1. The van der Waals surface area contributed by atoms with Crippen LogP contribution in [-0.4, -0.2) is 47.7 Å². The minimum absolute atomic E-state index is 0.106. The Morgan fingerprint density at radius 3 is 2.60 bits per heavy atom. The summed E-state index contributed by atoms with van der Waals surface area (Å²) < 4.78 is 5.38. The Morgan fingerprint density at radius 2 is 2.05 bits per heavy atom. The van der Waals surface area contributed by atoms with Gasteiger partial charge < -0.3 is 20.3 Å². The van der Waals surface area contributed by atoms with Gasteiger partial charge in [0, 0.05) is 25.2 Å². The van der Waals surface area contributed by atoms with Crippen molar-refractivity contribution in [3.05, 3.63) is 0 Å². The highest BCUT2D eigenvalue weighted by Gasteiger charge is 2.27. The van der Waals surface area contributed by atoms with Gasteiger partial charge in [-0.3, -0.25) is 5.41 Å². The summed E-state index contributed by atoms with van der Waals surface area (Å²) in [5.74, 6) is 0.316. The van der Waals surface area contributed by atoms with Crippen molar-refractivity contribution < 1.29 is 9.53 Å². The van der Waals surface area contributed by atoms with E-state index < -0.39 is 5.60 Å². The van der Waals surface area contributed by atoms with Gasteiger partial charge in [-0.2, -0.15) is 0 Å². The zero-order valence-electron chi connectivity index (χ0n) is 13.2. The molecule has 0 saturated carbocycles. The molecule has 0 spiro atoms. The summed E-state index contributed by atoms with van der Waals surface area (Å²) >= 11 is 0. The van der Waals surface area contributed by atoms with E-state index in [1.165, 1.54) is 0 Å². The Morgan fingerprint density at radius 1 is 1.40 bits per heavy atom. The Hall–Kier alpha value is -1.46. The lowest BCUT2D eigenvalue weighted by molar-refractivity contribution is 0.0193. The summed E-state index contributed by atoms with van der Waals surface area (Å²) in [4.78, 5) is 13.7. The third-order valence-corrected chi connectivity index (χ3v) is 2.85. The van der Waals surface area contributed by atoms with E-state index in [4.69, 9.17) is 10.1 Å². The van der Waals surface area contributed by atoms with Crippen LogP contribution in [0.15, 0.2) is 0 Å². The Bertz CT molecular complexity index is 350. The smallest absolute Gasteiger partial charge is 0.410 e. The number of hydrogen-bond donors (Lipinski definition) is 3. The molecule has 6 nitrogen and oxygen atoms in total. The van der Waals surface area contributed by atoms with Gasteiger partial charge in [-0.1, -0.05) is 0 Å². The summed E-state index contributed by atoms with van der Waals surface area (Å²) in [7, 11) is 0. The van der Waals surface area contributed by atoms with Crippen LogP contribution in [0.25, 0.3) is 0 Å². The average Bonchev–Trinajstić information content (AvgIpc) is 2.25. The van der Waals surface area contributed by atoms with Gasteiger partial charge in [0.15, 0.2) is 5.96 Å². The van der Waals surface area contributed by atoms with Crippen molar-refractivity contribution >= 4 is 12.1 Å². The number of rotatable bonds is 2. The van der Waals surface area contributed by atoms with E-state index in [1.807, 2.05) is 34.6 Å². The van der Waals surface area contributed by atoms with Crippen LogP contribution < -0.4 is 10.6 Å². The largest absolute Gasteiger partial charge is 0.444 e. The maximum atomic E-state index is 12.0. The van der Waals surface area contributed by atoms with Gasteiger partial charge in [0.05, 0.1) is 0 Å². The Kier molecular flexibility index (Phi) is 5.65. The van der Waals surface area contributed by atoms with Gasteiger partial charge in [0.1, 0.15) is 5.60 Å². The number of amides is 1. The van der Waals surface area contributed by atoms with Crippen molar-refractivity contribution in [1.82, 2.24) is 15.5 Å². The van der Waals surface area contributed by atoms with Crippen LogP contribution in [0, 0.1) is 5.41 Å². The predicted octanol–water partition coefficient (Wildman–Crippen LogP) is 1.91. The molecule has 0 aromatic heterocycles. The number of ether oxygens (including phenoxy) is 1. The highest BCUT2D eigenvalue weighted by Crippen LogP contribution is 2.15. The first-order valence-electron chi connectivity index (χ1n) is 7.27. The van der Waals surface area contributed by atoms with E-state index >= 15 is 0 Å². The molecule has 1 aliphatic rings. The second-order valence-corrected chi connectivity index (χ2v) is 6.58. The highest BCUT2D eigenvalue weighted by molar-refractivity contribution is 5.77. The molecule has 0 radical (unpaired) electrons. The second kappa shape index (κ2) is 6.81. The SMILES string of the molecule is CC(C)NC(=N)N[C@H]1CCCN(C(=O)OC(C)(C)C)C1. The number of nitrogens with one attached hydrogen (secondary N) is 3. The van der Waals surface area contributed by atoms with Gasteiger partial charge >= 0.3 is 6.09 Å². The van der Waals surface area contributed by atoms with Crippen LogP contribution in [0.1, 0.15) is 47.5 Å². The highest BCUT2D eigenvalue weighted by atomic mass is 16.6. The topological polar surface area (TPSA) is 77.5 Å². The third-order valence-electron chi connectivity index (χ3n) is 2.85. The van der Waals surface area contributed by atoms with Crippen molar-refractivity contribution in [2.45, 2.75) is 65.1 Å². The van der Waals surface area contributed by atoms with E-state index in [2.05, 4.69) is 10.6 Å². The zero-order valence-corrected chi connectivity index (χ0v) is 13.2. The molecule has 6 heteroatoms. The zero-order chi connectivity index (χ0) is 15.3. The number of hydrogen-bond acceptors (Lipinski definition) is 3. The molecule has 0 unspecified atom stereocenters. The number of piperidine rings is 1. The number of nitrogens with zero attached hydrogens (tertiary/aromatic N) is 1. The molecule has 0 aromatic rings. The first kappa shape index (κ1) is 16.6. The van der Waals surface area contributed by atoms with Gasteiger partial charge in [-0.25, -0.2) is 4.79 Å². The predicted molar refractivity (Wildman–Crippen MR) is 80.0 cm³/mol. The molecule has 1 fully saturated rings. The van der Waals surface area contributed by atoms with E-state index in [0.29, 0.717) is 12.5 Å². The van der Waals surface area contributed by atoms with Crippen LogP contribution in [0.5, 0.6) is 0 Å². The lowest BCUT2D eigenvalue weighted by atomic mass is 10.1.